The molecule has 11 N–H and O–H groups in total. The number of hydrogen-bond acceptors (Lipinski definition) is 9. The third-order valence-electron chi connectivity index (χ3n) is 4.93. The quantitative estimate of drug-likeness (QED) is 0.0913. The first-order valence-corrected chi connectivity index (χ1v) is 12.5. The third-order valence-corrected chi connectivity index (χ3v) is 5.57. The summed E-state index contributed by atoms with van der Waals surface area (Å²) in [7, 11) is 0. The number of carbonyl (C=O) groups excluding carboxylic acids is 3. The lowest BCUT2D eigenvalue weighted by atomic mass is 10.1. The highest BCUT2D eigenvalue weighted by Crippen LogP contribution is 2.05. The second-order valence-electron chi connectivity index (χ2n) is 7.66. The van der Waals surface area contributed by atoms with Gasteiger partial charge >= 0.3 is 5.97 Å². The van der Waals surface area contributed by atoms with Crippen molar-refractivity contribution < 1.29 is 29.4 Å². The maximum absolute atomic E-state index is 12.8. The number of aliphatic carboxylic acids is 1. The molecule has 4 atom stereocenters. The van der Waals surface area contributed by atoms with E-state index in [0.717, 1.165) is 6.42 Å². The molecule has 0 spiro atoms. The number of amides is 3. The summed E-state index contributed by atoms with van der Waals surface area (Å²) < 4.78 is 0. The smallest absolute Gasteiger partial charge is 0.326 e. The predicted molar refractivity (Wildman–Crippen MR) is 127 cm³/mol. The van der Waals surface area contributed by atoms with E-state index in [-0.39, 0.29) is 12.8 Å². The van der Waals surface area contributed by atoms with Crippen LogP contribution >= 0.6 is 11.8 Å². The molecule has 3 amide bonds. The molecule has 0 aromatic rings. The van der Waals surface area contributed by atoms with Crippen LogP contribution in [0.3, 0.4) is 0 Å². The van der Waals surface area contributed by atoms with Gasteiger partial charge in [0.25, 0.3) is 0 Å². The minimum atomic E-state index is -1.37. The number of rotatable bonds is 19. The van der Waals surface area contributed by atoms with Gasteiger partial charge in [0.1, 0.15) is 18.1 Å². The van der Waals surface area contributed by atoms with Crippen LogP contribution < -0.4 is 33.2 Å². The lowest BCUT2D eigenvalue weighted by molar-refractivity contribution is -0.142. The van der Waals surface area contributed by atoms with Crippen molar-refractivity contribution >= 4 is 35.5 Å². The SMILES string of the molecule is CSCCC(NC(=O)C(CO)NC(=O)C(CCCCN)NC(=O)C(N)CCCCN)C(=O)O. The molecule has 0 aliphatic rings. The Labute approximate surface area is 199 Å². The number of carboxylic acids is 1. The van der Waals surface area contributed by atoms with E-state index in [4.69, 9.17) is 17.2 Å². The van der Waals surface area contributed by atoms with Crippen molar-refractivity contribution in [1.82, 2.24) is 16.0 Å². The number of hydrogen-bond donors (Lipinski definition) is 8. The summed E-state index contributed by atoms with van der Waals surface area (Å²) in [6.45, 7) is 0.160. The first-order chi connectivity index (χ1) is 15.7. The van der Waals surface area contributed by atoms with Gasteiger partial charge in [0, 0.05) is 0 Å². The number of carbonyl (C=O) groups is 4. The molecular weight excluding hydrogens is 452 g/mol. The number of aliphatic hydroxyl groups excluding tert-OH is 1. The molecule has 0 saturated heterocycles. The predicted octanol–water partition coefficient (Wildman–Crippen LogP) is -2.14. The van der Waals surface area contributed by atoms with Gasteiger partial charge in [0.2, 0.25) is 17.7 Å². The van der Waals surface area contributed by atoms with Gasteiger partial charge in [-0.1, -0.05) is 6.42 Å². The van der Waals surface area contributed by atoms with Crippen molar-refractivity contribution in [3.8, 4) is 0 Å². The summed E-state index contributed by atoms with van der Waals surface area (Å²) in [5.74, 6) is -2.72. The normalized spacial score (nSPS) is 14.6. The van der Waals surface area contributed by atoms with Crippen molar-refractivity contribution in [2.75, 3.05) is 31.7 Å². The molecule has 0 aliphatic heterocycles. The molecule has 192 valence electrons. The van der Waals surface area contributed by atoms with E-state index in [0.29, 0.717) is 44.5 Å². The van der Waals surface area contributed by atoms with Gasteiger partial charge in [-0.3, -0.25) is 14.4 Å². The van der Waals surface area contributed by atoms with E-state index < -0.39 is 54.5 Å². The number of thioether (sulfide) groups is 1. The van der Waals surface area contributed by atoms with Crippen LogP contribution in [-0.4, -0.2) is 89.8 Å². The lowest BCUT2D eigenvalue weighted by Crippen LogP contribution is -2.58. The Balaban J connectivity index is 5.14. The molecule has 0 bridgehead atoms. The van der Waals surface area contributed by atoms with Gasteiger partial charge in [0.05, 0.1) is 12.6 Å². The van der Waals surface area contributed by atoms with Gasteiger partial charge in [-0.25, -0.2) is 4.79 Å². The highest BCUT2D eigenvalue weighted by Gasteiger charge is 2.29. The molecule has 0 rings (SSSR count). The minimum Gasteiger partial charge on any atom is -0.480 e. The van der Waals surface area contributed by atoms with E-state index in [1.54, 1.807) is 6.26 Å². The molecule has 12 nitrogen and oxygen atoms in total. The topological polar surface area (TPSA) is 223 Å². The molecule has 13 heteroatoms. The Hall–Kier alpha value is -1.93. The molecular formula is C20H40N6O6S. The maximum atomic E-state index is 12.8. The standard InChI is InChI=1S/C20H40N6O6S/c1-33-11-8-15(20(31)32)25-19(30)16(12-27)26-18(29)14(7-3-5-10-22)24-17(28)13(23)6-2-4-9-21/h13-16,27H,2-12,21-23H2,1H3,(H,24,28)(H,25,30)(H,26,29)(H,31,32). The largest absolute Gasteiger partial charge is 0.480 e. The van der Waals surface area contributed by atoms with Crippen molar-refractivity contribution in [3.63, 3.8) is 0 Å². The van der Waals surface area contributed by atoms with E-state index in [2.05, 4.69) is 16.0 Å². The van der Waals surface area contributed by atoms with E-state index in [1.165, 1.54) is 11.8 Å². The second kappa shape index (κ2) is 18.5. The van der Waals surface area contributed by atoms with E-state index >= 15 is 0 Å². The average Bonchev–Trinajstić information content (AvgIpc) is 2.78. The van der Waals surface area contributed by atoms with Crippen LogP contribution in [0.4, 0.5) is 0 Å². The number of unbranched alkanes of at least 4 members (excludes halogenated alkanes) is 2. The van der Waals surface area contributed by atoms with Gasteiger partial charge in [-0.15, -0.1) is 0 Å². The molecule has 0 fully saturated rings. The first-order valence-electron chi connectivity index (χ1n) is 11.1. The van der Waals surface area contributed by atoms with E-state index in [1.807, 2.05) is 0 Å². The highest BCUT2D eigenvalue weighted by atomic mass is 32.2. The summed E-state index contributed by atoms with van der Waals surface area (Å²) in [5.41, 5.74) is 16.8. The third kappa shape index (κ3) is 13.4. The molecule has 33 heavy (non-hydrogen) atoms. The number of nitrogens with one attached hydrogen (secondary N) is 3. The minimum absolute atomic E-state index is 0.189. The summed E-state index contributed by atoms with van der Waals surface area (Å²) in [6, 6.07) is -4.33. The average molecular weight is 493 g/mol. The fourth-order valence-corrected chi connectivity index (χ4v) is 3.38. The van der Waals surface area contributed by atoms with Crippen molar-refractivity contribution in [2.45, 2.75) is 69.1 Å². The van der Waals surface area contributed by atoms with Crippen molar-refractivity contribution in [1.29, 1.82) is 0 Å². The monoisotopic (exact) mass is 492 g/mol. The molecule has 0 heterocycles. The van der Waals surface area contributed by atoms with Crippen LogP contribution in [-0.2, 0) is 19.2 Å². The zero-order valence-corrected chi connectivity index (χ0v) is 20.1. The van der Waals surface area contributed by atoms with Crippen LogP contribution in [0.1, 0.15) is 44.9 Å². The fourth-order valence-electron chi connectivity index (χ4n) is 2.91. The molecule has 0 aliphatic carbocycles. The summed E-state index contributed by atoms with van der Waals surface area (Å²) in [4.78, 5) is 49.0. The lowest BCUT2D eigenvalue weighted by Gasteiger charge is -2.24. The second-order valence-corrected chi connectivity index (χ2v) is 8.65. The number of carboxylic acid groups (broad SMARTS) is 1. The summed E-state index contributed by atoms with van der Waals surface area (Å²) in [6.07, 6.45) is 5.23. The zero-order chi connectivity index (χ0) is 25.2. The first kappa shape index (κ1) is 31.1. The molecule has 4 unspecified atom stereocenters. The molecule has 0 radical (unpaired) electrons. The maximum Gasteiger partial charge on any atom is 0.326 e. The molecule has 0 saturated carbocycles. The Morgan fingerprint density at radius 2 is 1.30 bits per heavy atom. The van der Waals surface area contributed by atoms with Crippen molar-refractivity contribution in [2.24, 2.45) is 17.2 Å². The van der Waals surface area contributed by atoms with Crippen LogP contribution in [0.15, 0.2) is 0 Å². The Morgan fingerprint density at radius 1 is 0.788 bits per heavy atom. The summed E-state index contributed by atoms with van der Waals surface area (Å²) in [5, 5.41) is 26.2. The Bertz CT molecular complexity index is 612. The highest BCUT2D eigenvalue weighted by molar-refractivity contribution is 7.98. The van der Waals surface area contributed by atoms with Crippen LogP contribution in [0.25, 0.3) is 0 Å². The van der Waals surface area contributed by atoms with Gasteiger partial charge in [0.15, 0.2) is 0 Å². The van der Waals surface area contributed by atoms with Crippen molar-refractivity contribution in [3.05, 3.63) is 0 Å². The van der Waals surface area contributed by atoms with Crippen LogP contribution in [0.2, 0.25) is 0 Å². The number of aliphatic hydroxyl groups is 1. The molecule has 0 aromatic heterocycles. The van der Waals surface area contributed by atoms with Gasteiger partial charge < -0.3 is 43.4 Å². The Kier molecular flexibility index (Phi) is 17.4. The zero-order valence-electron chi connectivity index (χ0n) is 19.3. The van der Waals surface area contributed by atoms with E-state index in [9.17, 15) is 29.4 Å². The van der Waals surface area contributed by atoms with Gasteiger partial charge in [-0.05, 0) is 63.6 Å². The molecule has 0 aromatic carbocycles. The van der Waals surface area contributed by atoms with Gasteiger partial charge in [-0.2, -0.15) is 11.8 Å². The fraction of sp³-hybridized carbons (Fsp3) is 0.800. The Morgan fingerprint density at radius 3 is 1.82 bits per heavy atom. The van der Waals surface area contributed by atoms with Crippen LogP contribution in [0.5, 0.6) is 0 Å². The summed E-state index contributed by atoms with van der Waals surface area (Å²) >= 11 is 1.43. The van der Waals surface area contributed by atoms with Crippen LogP contribution in [0, 0.1) is 0 Å². The number of nitrogens with two attached hydrogens (primary N) is 3.